The van der Waals surface area contributed by atoms with Gasteiger partial charge in [-0.3, -0.25) is 0 Å². The molecule has 0 saturated carbocycles. The summed E-state index contributed by atoms with van der Waals surface area (Å²) in [5.74, 6) is 1.29. The van der Waals surface area contributed by atoms with Crippen molar-refractivity contribution in [3.05, 3.63) is 65.4 Å². The van der Waals surface area contributed by atoms with Gasteiger partial charge in [0.1, 0.15) is 0 Å². The van der Waals surface area contributed by atoms with Gasteiger partial charge in [-0.2, -0.15) is 10.1 Å². The topological polar surface area (TPSA) is 76.9 Å². The smallest absolute Gasteiger partial charge is 0.229 e. The van der Waals surface area contributed by atoms with Gasteiger partial charge >= 0.3 is 0 Å². The molecular weight excluding hydrogens is 412 g/mol. The number of fused-ring (bicyclic) bond motifs is 1. The van der Waals surface area contributed by atoms with Crippen molar-refractivity contribution >= 4 is 34.2 Å². The predicted molar refractivity (Wildman–Crippen MR) is 135 cm³/mol. The second-order valence-electron chi connectivity index (χ2n) is 9.11. The molecule has 0 spiro atoms. The SMILES string of the molecule is COC(C)(C)CCn1nc(Nc2c(C)cc(C)cc2C)c2cnc(Nc3ccccc3)nc21. The molecule has 7 nitrogen and oxygen atoms in total. The quantitative estimate of drug-likeness (QED) is 0.344. The summed E-state index contributed by atoms with van der Waals surface area (Å²) in [6.07, 6.45) is 2.63. The third-order valence-electron chi connectivity index (χ3n) is 5.92. The Labute approximate surface area is 195 Å². The van der Waals surface area contributed by atoms with E-state index < -0.39 is 0 Å². The van der Waals surface area contributed by atoms with E-state index in [1.807, 2.05) is 41.2 Å². The van der Waals surface area contributed by atoms with Crippen molar-refractivity contribution < 1.29 is 4.74 Å². The number of anilines is 4. The Hall–Kier alpha value is -3.45. The van der Waals surface area contributed by atoms with Crippen LogP contribution in [0, 0.1) is 20.8 Å². The zero-order valence-electron chi connectivity index (χ0n) is 20.2. The zero-order valence-corrected chi connectivity index (χ0v) is 20.2. The molecule has 7 heteroatoms. The van der Waals surface area contributed by atoms with Crippen molar-refractivity contribution in [2.75, 3.05) is 17.7 Å². The summed E-state index contributed by atoms with van der Waals surface area (Å²) in [6, 6.07) is 14.3. The molecule has 0 bridgehead atoms. The summed E-state index contributed by atoms with van der Waals surface area (Å²) in [5.41, 5.74) is 6.13. The number of rotatable bonds is 8. The van der Waals surface area contributed by atoms with E-state index in [0.717, 1.165) is 34.6 Å². The van der Waals surface area contributed by atoms with Crippen LogP contribution in [0.1, 0.15) is 37.0 Å². The molecular formula is C26H32N6O. The van der Waals surface area contributed by atoms with Crippen LogP contribution in [0.5, 0.6) is 0 Å². The fourth-order valence-electron chi connectivity index (χ4n) is 3.89. The molecule has 4 rings (SSSR count). The maximum atomic E-state index is 5.62. The zero-order chi connectivity index (χ0) is 23.6. The highest BCUT2D eigenvalue weighted by Gasteiger charge is 2.20. The fourth-order valence-corrected chi connectivity index (χ4v) is 3.89. The lowest BCUT2D eigenvalue weighted by molar-refractivity contribution is 0.0116. The van der Waals surface area contributed by atoms with E-state index in [4.69, 9.17) is 14.8 Å². The second kappa shape index (κ2) is 9.19. The number of hydrogen-bond donors (Lipinski definition) is 2. The highest BCUT2D eigenvalue weighted by atomic mass is 16.5. The van der Waals surface area contributed by atoms with Gasteiger partial charge in [-0.25, -0.2) is 9.67 Å². The van der Waals surface area contributed by atoms with E-state index in [0.29, 0.717) is 12.5 Å². The number of benzene rings is 2. The minimum atomic E-state index is -0.256. The summed E-state index contributed by atoms with van der Waals surface area (Å²) >= 11 is 0. The van der Waals surface area contributed by atoms with Crippen molar-refractivity contribution in [1.29, 1.82) is 0 Å². The monoisotopic (exact) mass is 444 g/mol. The van der Waals surface area contributed by atoms with Gasteiger partial charge in [0.05, 0.1) is 11.0 Å². The van der Waals surface area contributed by atoms with Crippen molar-refractivity contribution in [2.45, 2.75) is 53.2 Å². The molecule has 4 aromatic rings. The summed E-state index contributed by atoms with van der Waals surface area (Å²) < 4.78 is 7.56. The lowest BCUT2D eigenvalue weighted by Crippen LogP contribution is -2.24. The van der Waals surface area contributed by atoms with Crippen molar-refractivity contribution in [1.82, 2.24) is 19.7 Å². The number of nitrogens with zero attached hydrogens (tertiary/aromatic N) is 4. The Kier molecular flexibility index (Phi) is 6.33. The number of aromatic nitrogens is 4. The van der Waals surface area contributed by atoms with E-state index in [2.05, 4.69) is 62.4 Å². The fraction of sp³-hybridized carbons (Fsp3) is 0.346. The molecule has 0 fully saturated rings. The summed E-state index contributed by atoms with van der Waals surface area (Å²) in [7, 11) is 1.74. The number of ether oxygens (including phenoxy) is 1. The van der Waals surface area contributed by atoms with Crippen molar-refractivity contribution in [3.8, 4) is 0 Å². The molecule has 0 aliphatic heterocycles. The first-order chi connectivity index (χ1) is 15.8. The Morgan fingerprint density at radius 3 is 2.36 bits per heavy atom. The lowest BCUT2D eigenvalue weighted by atomic mass is 10.1. The molecule has 0 amide bonds. The largest absolute Gasteiger partial charge is 0.379 e. The van der Waals surface area contributed by atoms with E-state index in [-0.39, 0.29) is 5.60 Å². The van der Waals surface area contributed by atoms with Gasteiger partial charge in [0.2, 0.25) is 5.95 Å². The predicted octanol–water partition coefficient (Wildman–Crippen LogP) is 6.05. The molecule has 33 heavy (non-hydrogen) atoms. The van der Waals surface area contributed by atoms with E-state index in [1.165, 1.54) is 16.7 Å². The van der Waals surface area contributed by atoms with Crippen LogP contribution in [-0.4, -0.2) is 32.5 Å². The third kappa shape index (κ3) is 5.14. The van der Waals surface area contributed by atoms with Crippen LogP contribution in [0.2, 0.25) is 0 Å². The van der Waals surface area contributed by atoms with E-state index in [1.54, 1.807) is 7.11 Å². The van der Waals surface area contributed by atoms with Crippen molar-refractivity contribution in [2.24, 2.45) is 0 Å². The average Bonchev–Trinajstić information content (AvgIpc) is 3.12. The van der Waals surface area contributed by atoms with E-state index in [9.17, 15) is 0 Å². The van der Waals surface area contributed by atoms with Crippen LogP contribution in [0.15, 0.2) is 48.7 Å². The van der Waals surface area contributed by atoms with Crippen LogP contribution in [0.3, 0.4) is 0 Å². The van der Waals surface area contributed by atoms with Crippen LogP contribution in [0.4, 0.5) is 23.1 Å². The molecule has 172 valence electrons. The minimum absolute atomic E-state index is 0.256. The molecule has 0 aliphatic carbocycles. The molecule has 0 aliphatic rings. The van der Waals surface area contributed by atoms with Gasteiger partial charge < -0.3 is 15.4 Å². The average molecular weight is 445 g/mol. The summed E-state index contributed by atoms with van der Waals surface area (Å²) in [5, 5.41) is 12.6. The Bertz CT molecular complexity index is 1240. The van der Waals surface area contributed by atoms with Crippen LogP contribution < -0.4 is 10.6 Å². The van der Waals surface area contributed by atoms with Gasteiger partial charge in [0, 0.05) is 31.2 Å². The second-order valence-corrected chi connectivity index (χ2v) is 9.11. The van der Waals surface area contributed by atoms with Crippen molar-refractivity contribution in [3.63, 3.8) is 0 Å². The third-order valence-corrected chi connectivity index (χ3v) is 5.92. The highest BCUT2D eigenvalue weighted by molar-refractivity contribution is 5.90. The standard InChI is InChI=1S/C26H32N6O/c1-17-14-18(2)22(19(3)15-17)29-23-21-16-27-25(28-20-10-8-7-9-11-20)30-24(21)32(31-23)13-12-26(4,5)33-6/h7-11,14-16H,12-13H2,1-6H3,(H,29,31)(H,27,28,30). The Balaban J connectivity index is 1.73. The molecule has 2 aromatic carbocycles. The molecule has 0 atom stereocenters. The lowest BCUT2D eigenvalue weighted by Gasteiger charge is -2.22. The maximum absolute atomic E-state index is 5.62. The Morgan fingerprint density at radius 1 is 1.00 bits per heavy atom. The number of para-hydroxylation sites is 1. The Morgan fingerprint density at radius 2 is 1.70 bits per heavy atom. The van der Waals surface area contributed by atoms with Gasteiger partial charge in [0.15, 0.2) is 11.5 Å². The summed E-state index contributed by atoms with van der Waals surface area (Å²) in [4.78, 5) is 9.38. The number of aryl methyl sites for hydroxylation is 4. The van der Waals surface area contributed by atoms with Gasteiger partial charge in [-0.05, 0) is 64.3 Å². The first kappa shape index (κ1) is 22.7. The number of nitrogens with one attached hydrogen (secondary N) is 2. The first-order valence-electron chi connectivity index (χ1n) is 11.2. The molecule has 0 unspecified atom stereocenters. The van der Waals surface area contributed by atoms with Gasteiger partial charge in [-0.15, -0.1) is 0 Å². The molecule has 2 N–H and O–H groups in total. The normalized spacial score (nSPS) is 11.7. The molecule has 0 radical (unpaired) electrons. The van der Waals surface area contributed by atoms with Crippen LogP contribution in [-0.2, 0) is 11.3 Å². The van der Waals surface area contributed by atoms with Crippen LogP contribution in [0.25, 0.3) is 11.0 Å². The van der Waals surface area contributed by atoms with E-state index >= 15 is 0 Å². The molecule has 0 saturated heterocycles. The first-order valence-corrected chi connectivity index (χ1v) is 11.2. The molecule has 2 aromatic heterocycles. The van der Waals surface area contributed by atoms with Gasteiger partial charge in [-0.1, -0.05) is 35.9 Å². The minimum Gasteiger partial charge on any atom is -0.379 e. The maximum Gasteiger partial charge on any atom is 0.229 e. The summed E-state index contributed by atoms with van der Waals surface area (Å²) in [6.45, 7) is 11.2. The number of methoxy groups -OCH3 is 1. The van der Waals surface area contributed by atoms with Gasteiger partial charge in [0.25, 0.3) is 0 Å². The molecule has 2 heterocycles. The van der Waals surface area contributed by atoms with Crippen LogP contribution >= 0.6 is 0 Å². The number of hydrogen-bond acceptors (Lipinski definition) is 6. The highest BCUT2D eigenvalue weighted by Crippen LogP contribution is 2.30.